The van der Waals surface area contributed by atoms with Gasteiger partial charge in [0.2, 0.25) is 0 Å². The van der Waals surface area contributed by atoms with Crippen molar-refractivity contribution in [3.8, 4) is 5.75 Å². The highest BCUT2D eigenvalue weighted by Crippen LogP contribution is 2.33. The summed E-state index contributed by atoms with van der Waals surface area (Å²) < 4.78 is 11.2. The summed E-state index contributed by atoms with van der Waals surface area (Å²) in [5.74, 6) is 1.55. The maximum absolute atomic E-state index is 9.59. The Hall–Kier alpha value is -1.10. The monoisotopic (exact) mass is 305 g/mol. The zero-order chi connectivity index (χ0) is 15.2. The molecule has 0 radical (unpaired) electrons. The highest BCUT2D eigenvalue weighted by Gasteiger charge is 2.20. The fourth-order valence-corrected chi connectivity index (χ4v) is 3.36. The number of aliphatic hydroxyl groups excluding tert-OH is 1. The predicted molar refractivity (Wildman–Crippen MR) is 86.4 cm³/mol. The molecular weight excluding hydrogens is 278 g/mol. The first kappa shape index (κ1) is 15.8. The molecule has 3 rings (SSSR count). The van der Waals surface area contributed by atoms with Gasteiger partial charge in [-0.1, -0.05) is 12.1 Å². The van der Waals surface area contributed by atoms with Gasteiger partial charge in [-0.2, -0.15) is 0 Å². The highest BCUT2D eigenvalue weighted by molar-refractivity contribution is 5.29. The lowest BCUT2D eigenvalue weighted by Crippen LogP contribution is -2.38. The molecule has 1 aliphatic heterocycles. The van der Waals surface area contributed by atoms with E-state index in [0.717, 1.165) is 70.9 Å². The summed E-state index contributed by atoms with van der Waals surface area (Å²) in [5.41, 5.74) is 1.38. The maximum Gasteiger partial charge on any atom is 0.119 e. The summed E-state index contributed by atoms with van der Waals surface area (Å²) >= 11 is 0. The van der Waals surface area contributed by atoms with E-state index in [1.54, 1.807) is 0 Å². The Morgan fingerprint density at radius 1 is 1.05 bits per heavy atom. The molecule has 4 heteroatoms. The molecule has 2 aliphatic rings. The van der Waals surface area contributed by atoms with Crippen LogP contribution < -0.4 is 4.74 Å². The van der Waals surface area contributed by atoms with Gasteiger partial charge in [0, 0.05) is 19.6 Å². The number of ether oxygens (including phenoxy) is 2. The summed E-state index contributed by atoms with van der Waals surface area (Å²) in [4.78, 5) is 2.38. The Labute approximate surface area is 133 Å². The minimum atomic E-state index is -0.0842. The van der Waals surface area contributed by atoms with Crippen molar-refractivity contribution in [1.29, 1.82) is 0 Å². The Balaban J connectivity index is 1.43. The third kappa shape index (κ3) is 4.45. The first-order valence-corrected chi connectivity index (χ1v) is 8.52. The normalized spacial score (nSPS) is 26.8. The second-order valence-corrected chi connectivity index (χ2v) is 6.38. The van der Waals surface area contributed by atoms with Crippen molar-refractivity contribution < 1.29 is 14.6 Å². The van der Waals surface area contributed by atoms with Gasteiger partial charge in [0.15, 0.2) is 0 Å². The van der Waals surface area contributed by atoms with Gasteiger partial charge >= 0.3 is 0 Å². The molecule has 1 heterocycles. The molecule has 0 bridgehead atoms. The molecule has 0 aromatic heterocycles. The topological polar surface area (TPSA) is 41.9 Å². The van der Waals surface area contributed by atoms with Crippen LogP contribution in [0.1, 0.15) is 37.2 Å². The van der Waals surface area contributed by atoms with E-state index in [9.17, 15) is 5.11 Å². The molecule has 1 aromatic rings. The molecule has 0 unspecified atom stereocenters. The summed E-state index contributed by atoms with van der Waals surface area (Å²) in [5, 5.41) is 9.59. The number of rotatable bonds is 5. The van der Waals surface area contributed by atoms with E-state index in [2.05, 4.69) is 29.2 Å². The van der Waals surface area contributed by atoms with Gasteiger partial charge in [0.1, 0.15) is 12.4 Å². The summed E-state index contributed by atoms with van der Waals surface area (Å²) in [7, 11) is 0. The molecular formula is C18H27NO3. The van der Waals surface area contributed by atoms with Crippen LogP contribution in [0.25, 0.3) is 0 Å². The van der Waals surface area contributed by atoms with E-state index in [1.165, 1.54) is 5.56 Å². The van der Waals surface area contributed by atoms with Crippen LogP contribution in [0.4, 0.5) is 0 Å². The van der Waals surface area contributed by atoms with Gasteiger partial charge in [-0.3, -0.25) is 4.90 Å². The molecule has 22 heavy (non-hydrogen) atoms. The van der Waals surface area contributed by atoms with Crippen LogP contribution in [0, 0.1) is 0 Å². The molecule has 4 nitrogen and oxygen atoms in total. The maximum atomic E-state index is 9.59. The van der Waals surface area contributed by atoms with E-state index in [0.29, 0.717) is 5.92 Å². The highest BCUT2D eigenvalue weighted by atomic mass is 16.5. The van der Waals surface area contributed by atoms with Gasteiger partial charge in [0.05, 0.1) is 19.3 Å². The van der Waals surface area contributed by atoms with Crippen molar-refractivity contribution in [3.63, 3.8) is 0 Å². The van der Waals surface area contributed by atoms with Crippen LogP contribution in [0.5, 0.6) is 5.75 Å². The quantitative estimate of drug-likeness (QED) is 0.907. The number of benzene rings is 1. The van der Waals surface area contributed by atoms with Crippen LogP contribution in [-0.4, -0.2) is 55.6 Å². The molecule has 1 aliphatic carbocycles. The second-order valence-electron chi connectivity index (χ2n) is 6.38. The van der Waals surface area contributed by atoms with Crippen molar-refractivity contribution in [1.82, 2.24) is 4.90 Å². The Morgan fingerprint density at radius 3 is 2.41 bits per heavy atom. The lowest BCUT2D eigenvalue weighted by Gasteiger charge is -2.26. The standard InChI is InChI=1S/C18H27NO3/c20-17-5-1-15(2-6-17)16-3-7-18(8-4-16)22-14-11-19-9-12-21-13-10-19/h3-4,7-8,15,17,20H,1-2,5-6,9-14H2. The lowest BCUT2D eigenvalue weighted by molar-refractivity contribution is 0.0322. The van der Waals surface area contributed by atoms with E-state index in [1.807, 2.05) is 0 Å². The van der Waals surface area contributed by atoms with Gasteiger partial charge in [-0.25, -0.2) is 0 Å². The molecule has 0 amide bonds. The van der Waals surface area contributed by atoms with Crippen molar-refractivity contribution in [2.75, 3.05) is 39.5 Å². The van der Waals surface area contributed by atoms with E-state index in [-0.39, 0.29) is 6.10 Å². The Bertz CT molecular complexity index is 434. The molecule has 2 fully saturated rings. The van der Waals surface area contributed by atoms with Crippen LogP contribution >= 0.6 is 0 Å². The smallest absolute Gasteiger partial charge is 0.119 e. The average molecular weight is 305 g/mol. The molecule has 1 aromatic carbocycles. The largest absolute Gasteiger partial charge is 0.492 e. The Kier molecular flexibility index (Phi) is 5.70. The third-order valence-electron chi connectivity index (χ3n) is 4.83. The SMILES string of the molecule is OC1CCC(c2ccc(OCCN3CCOCC3)cc2)CC1. The zero-order valence-corrected chi connectivity index (χ0v) is 13.2. The first-order chi connectivity index (χ1) is 10.8. The molecule has 1 saturated carbocycles. The van der Waals surface area contributed by atoms with Crippen LogP contribution in [-0.2, 0) is 4.74 Å². The van der Waals surface area contributed by atoms with Gasteiger partial charge in [-0.05, 0) is 49.3 Å². The predicted octanol–water partition coefficient (Wildman–Crippen LogP) is 2.42. The van der Waals surface area contributed by atoms with Crippen LogP contribution in [0.15, 0.2) is 24.3 Å². The molecule has 1 saturated heterocycles. The summed E-state index contributed by atoms with van der Waals surface area (Å²) in [6.45, 7) is 5.39. The molecule has 0 atom stereocenters. The number of hydrogen-bond acceptors (Lipinski definition) is 4. The van der Waals surface area contributed by atoms with Crippen molar-refractivity contribution >= 4 is 0 Å². The molecule has 0 spiro atoms. The molecule has 122 valence electrons. The van der Waals surface area contributed by atoms with E-state index >= 15 is 0 Å². The van der Waals surface area contributed by atoms with Crippen LogP contribution in [0.3, 0.4) is 0 Å². The fraction of sp³-hybridized carbons (Fsp3) is 0.667. The van der Waals surface area contributed by atoms with E-state index < -0.39 is 0 Å². The van der Waals surface area contributed by atoms with Crippen LogP contribution in [0.2, 0.25) is 0 Å². The average Bonchev–Trinajstić information content (AvgIpc) is 2.57. The zero-order valence-electron chi connectivity index (χ0n) is 13.2. The van der Waals surface area contributed by atoms with Gasteiger partial charge < -0.3 is 14.6 Å². The second kappa shape index (κ2) is 7.95. The fourth-order valence-electron chi connectivity index (χ4n) is 3.36. The minimum Gasteiger partial charge on any atom is -0.492 e. The van der Waals surface area contributed by atoms with Crippen molar-refractivity contribution in [2.24, 2.45) is 0 Å². The third-order valence-corrected chi connectivity index (χ3v) is 4.83. The van der Waals surface area contributed by atoms with Crippen molar-refractivity contribution in [2.45, 2.75) is 37.7 Å². The number of aliphatic hydroxyl groups is 1. The first-order valence-electron chi connectivity index (χ1n) is 8.52. The number of morpholine rings is 1. The number of nitrogens with zero attached hydrogens (tertiary/aromatic N) is 1. The Morgan fingerprint density at radius 2 is 1.73 bits per heavy atom. The van der Waals surface area contributed by atoms with E-state index in [4.69, 9.17) is 9.47 Å². The summed E-state index contributed by atoms with van der Waals surface area (Å²) in [6.07, 6.45) is 3.97. The summed E-state index contributed by atoms with van der Waals surface area (Å²) in [6, 6.07) is 8.54. The van der Waals surface area contributed by atoms with Gasteiger partial charge in [-0.15, -0.1) is 0 Å². The lowest BCUT2D eigenvalue weighted by atomic mass is 9.83. The number of hydrogen-bond donors (Lipinski definition) is 1. The minimum absolute atomic E-state index is 0.0842. The van der Waals surface area contributed by atoms with Gasteiger partial charge in [0.25, 0.3) is 0 Å². The van der Waals surface area contributed by atoms with Crippen molar-refractivity contribution in [3.05, 3.63) is 29.8 Å². The molecule has 1 N–H and O–H groups in total.